The van der Waals surface area contributed by atoms with Crippen LogP contribution in [0.3, 0.4) is 0 Å². The largest absolute Gasteiger partial charge is 0.367 e. The summed E-state index contributed by atoms with van der Waals surface area (Å²) in [5.74, 6) is 0. The monoisotopic (exact) mass is 164 g/mol. The van der Waals surface area contributed by atoms with Gasteiger partial charge in [-0.3, -0.25) is 0 Å². The minimum absolute atomic E-state index is 0.538. The summed E-state index contributed by atoms with van der Waals surface area (Å²) < 4.78 is 0. The van der Waals surface area contributed by atoms with Gasteiger partial charge in [-0.25, -0.2) is 0 Å². The zero-order valence-electron chi connectivity index (χ0n) is 7.72. The van der Waals surface area contributed by atoms with Gasteiger partial charge in [0, 0.05) is 25.0 Å². The maximum absolute atomic E-state index is 3.53. The lowest BCUT2D eigenvalue weighted by Crippen LogP contribution is -2.19. The molecule has 2 rings (SSSR count). The third kappa shape index (κ3) is 1.53. The maximum Gasteiger partial charge on any atom is 0.0223 e. The van der Waals surface area contributed by atoms with Gasteiger partial charge in [0.25, 0.3) is 0 Å². The van der Waals surface area contributed by atoms with E-state index in [1.165, 1.54) is 12.0 Å². The van der Waals surface area contributed by atoms with Crippen LogP contribution in [-0.4, -0.2) is 11.0 Å². The zero-order valence-corrected chi connectivity index (χ0v) is 7.72. The number of aromatic amines is 1. The lowest BCUT2D eigenvalue weighted by atomic mass is 10.2. The van der Waals surface area contributed by atoms with E-state index in [1.807, 2.05) is 12.4 Å². The third-order valence-electron chi connectivity index (χ3n) is 2.73. The van der Waals surface area contributed by atoms with Crippen molar-refractivity contribution in [3.05, 3.63) is 24.0 Å². The molecular weight excluding hydrogens is 148 g/mol. The zero-order chi connectivity index (χ0) is 8.60. The minimum Gasteiger partial charge on any atom is -0.367 e. The highest BCUT2D eigenvalue weighted by Crippen LogP contribution is 2.44. The SMILES string of the molecule is CC1(C)CC1NCc1cc[nH]c1. The lowest BCUT2D eigenvalue weighted by molar-refractivity contribution is 0.542. The molecule has 2 N–H and O–H groups in total. The van der Waals surface area contributed by atoms with Crippen molar-refractivity contribution in [2.75, 3.05) is 0 Å². The Labute approximate surface area is 73.4 Å². The first-order chi connectivity index (χ1) is 5.68. The summed E-state index contributed by atoms with van der Waals surface area (Å²) in [6, 6.07) is 2.84. The van der Waals surface area contributed by atoms with Gasteiger partial charge in [0.2, 0.25) is 0 Å². The maximum atomic E-state index is 3.53. The van der Waals surface area contributed by atoms with Crippen molar-refractivity contribution in [2.24, 2.45) is 5.41 Å². The van der Waals surface area contributed by atoms with E-state index in [0.29, 0.717) is 5.41 Å². The van der Waals surface area contributed by atoms with Crippen molar-refractivity contribution < 1.29 is 0 Å². The molecular formula is C10H16N2. The lowest BCUT2D eigenvalue weighted by Gasteiger charge is -2.04. The van der Waals surface area contributed by atoms with Crippen LogP contribution in [0, 0.1) is 5.41 Å². The molecule has 0 radical (unpaired) electrons. The van der Waals surface area contributed by atoms with Crippen molar-refractivity contribution >= 4 is 0 Å². The van der Waals surface area contributed by atoms with Crippen molar-refractivity contribution in [3.8, 4) is 0 Å². The first kappa shape index (κ1) is 7.87. The third-order valence-corrected chi connectivity index (χ3v) is 2.73. The molecule has 1 heterocycles. The van der Waals surface area contributed by atoms with Crippen molar-refractivity contribution in [3.63, 3.8) is 0 Å². The van der Waals surface area contributed by atoms with Crippen LogP contribution in [0.5, 0.6) is 0 Å². The number of H-pyrrole nitrogens is 1. The van der Waals surface area contributed by atoms with Crippen LogP contribution in [0.1, 0.15) is 25.8 Å². The van der Waals surface area contributed by atoms with E-state index in [0.717, 1.165) is 12.6 Å². The highest BCUT2D eigenvalue weighted by Gasteiger charge is 2.44. The van der Waals surface area contributed by atoms with Crippen molar-refractivity contribution in [1.29, 1.82) is 0 Å². The second kappa shape index (κ2) is 2.63. The Hall–Kier alpha value is -0.760. The van der Waals surface area contributed by atoms with E-state index in [4.69, 9.17) is 0 Å². The summed E-state index contributed by atoms with van der Waals surface area (Å²) in [7, 11) is 0. The Morgan fingerprint density at radius 3 is 2.92 bits per heavy atom. The van der Waals surface area contributed by atoms with Gasteiger partial charge in [-0.2, -0.15) is 0 Å². The smallest absolute Gasteiger partial charge is 0.0223 e. The molecule has 2 heteroatoms. The summed E-state index contributed by atoms with van der Waals surface area (Å²) in [5.41, 5.74) is 1.88. The van der Waals surface area contributed by atoms with Crippen LogP contribution < -0.4 is 5.32 Å². The Balaban J connectivity index is 1.78. The molecule has 1 fully saturated rings. The van der Waals surface area contributed by atoms with Gasteiger partial charge in [-0.1, -0.05) is 13.8 Å². The van der Waals surface area contributed by atoms with E-state index in [-0.39, 0.29) is 0 Å². The Morgan fingerprint density at radius 1 is 1.67 bits per heavy atom. The van der Waals surface area contributed by atoms with E-state index < -0.39 is 0 Å². The van der Waals surface area contributed by atoms with Gasteiger partial charge in [-0.15, -0.1) is 0 Å². The van der Waals surface area contributed by atoms with E-state index in [2.05, 4.69) is 30.2 Å². The Bertz CT molecular complexity index is 249. The fraction of sp³-hybridized carbons (Fsp3) is 0.600. The predicted octanol–water partition coefficient (Wildman–Crippen LogP) is 1.90. The molecule has 0 amide bonds. The van der Waals surface area contributed by atoms with E-state index in [9.17, 15) is 0 Å². The Morgan fingerprint density at radius 2 is 2.42 bits per heavy atom. The van der Waals surface area contributed by atoms with Crippen LogP contribution in [0.4, 0.5) is 0 Å². The second-order valence-corrected chi connectivity index (χ2v) is 4.35. The molecule has 12 heavy (non-hydrogen) atoms. The topological polar surface area (TPSA) is 27.8 Å². The van der Waals surface area contributed by atoms with Gasteiger partial charge in [0.1, 0.15) is 0 Å². The molecule has 0 aromatic carbocycles. The minimum atomic E-state index is 0.538. The average Bonchev–Trinajstić information content (AvgIpc) is 2.54. The number of rotatable bonds is 3. The molecule has 0 saturated heterocycles. The summed E-state index contributed by atoms with van der Waals surface area (Å²) >= 11 is 0. The molecule has 1 aromatic heterocycles. The van der Waals surface area contributed by atoms with Gasteiger partial charge in [0.15, 0.2) is 0 Å². The fourth-order valence-corrected chi connectivity index (χ4v) is 1.53. The van der Waals surface area contributed by atoms with Crippen molar-refractivity contribution in [1.82, 2.24) is 10.3 Å². The molecule has 1 saturated carbocycles. The van der Waals surface area contributed by atoms with E-state index >= 15 is 0 Å². The molecule has 1 aliphatic carbocycles. The van der Waals surface area contributed by atoms with Crippen LogP contribution in [0.15, 0.2) is 18.5 Å². The van der Waals surface area contributed by atoms with E-state index in [1.54, 1.807) is 0 Å². The van der Waals surface area contributed by atoms with Gasteiger partial charge < -0.3 is 10.3 Å². The highest BCUT2D eigenvalue weighted by atomic mass is 15.0. The first-order valence-electron chi connectivity index (χ1n) is 4.53. The average molecular weight is 164 g/mol. The Kier molecular flexibility index (Phi) is 1.72. The molecule has 1 atom stereocenters. The molecule has 2 nitrogen and oxygen atoms in total. The summed E-state index contributed by atoms with van der Waals surface area (Å²) in [5, 5.41) is 3.53. The molecule has 0 aliphatic heterocycles. The molecule has 0 spiro atoms. The first-order valence-corrected chi connectivity index (χ1v) is 4.53. The highest BCUT2D eigenvalue weighted by molar-refractivity contribution is 5.10. The van der Waals surface area contributed by atoms with Gasteiger partial charge >= 0.3 is 0 Å². The number of hydrogen-bond acceptors (Lipinski definition) is 1. The fourth-order valence-electron chi connectivity index (χ4n) is 1.53. The van der Waals surface area contributed by atoms with Gasteiger partial charge in [-0.05, 0) is 23.5 Å². The predicted molar refractivity (Wildman–Crippen MR) is 49.8 cm³/mol. The molecule has 1 aromatic rings. The van der Waals surface area contributed by atoms with Crippen LogP contribution in [0.2, 0.25) is 0 Å². The summed E-state index contributed by atoms with van der Waals surface area (Å²) in [4.78, 5) is 3.05. The van der Waals surface area contributed by atoms with Crippen LogP contribution in [0.25, 0.3) is 0 Å². The molecule has 1 unspecified atom stereocenters. The molecule has 1 aliphatic rings. The van der Waals surface area contributed by atoms with Gasteiger partial charge in [0.05, 0.1) is 0 Å². The quantitative estimate of drug-likeness (QED) is 0.701. The van der Waals surface area contributed by atoms with Crippen molar-refractivity contribution in [2.45, 2.75) is 32.9 Å². The number of aromatic nitrogens is 1. The number of hydrogen-bond donors (Lipinski definition) is 2. The normalized spacial score (nSPS) is 25.7. The molecule has 66 valence electrons. The number of nitrogens with one attached hydrogen (secondary N) is 2. The molecule has 0 bridgehead atoms. The summed E-state index contributed by atoms with van der Waals surface area (Å²) in [6.45, 7) is 5.61. The summed E-state index contributed by atoms with van der Waals surface area (Å²) in [6.07, 6.45) is 5.33. The second-order valence-electron chi connectivity index (χ2n) is 4.35. The van der Waals surface area contributed by atoms with Crippen LogP contribution >= 0.6 is 0 Å². The van der Waals surface area contributed by atoms with Crippen LogP contribution in [-0.2, 0) is 6.54 Å². The standard InChI is InChI=1S/C10H16N2/c1-10(2)5-9(10)12-7-8-3-4-11-6-8/h3-4,6,9,11-12H,5,7H2,1-2H3.